The molecule has 2 atom stereocenters. The number of rotatable bonds is 3. The number of nitrogens with one attached hydrogen (secondary N) is 1. The molecule has 2 aromatic rings. The summed E-state index contributed by atoms with van der Waals surface area (Å²) < 4.78 is 0. The smallest absolute Gasteiger partial charge is 0.237 e. The van der Waals surface area contributed by atoms with Gasteiger partial charge in [-0.15, -0.1) is 0 Å². The van der Waals surface area contributed by atoms with Crippen molar-refractivity contribution in [3.8, 4) is 0 Å². The van der Waals surface area contributed by atoms with Crippen LogP contribution >= 0.6 is 0 Å². The standard InChI is InChI=1S/C25H29N3O2/c1-27-14-11-18(12-15-27)17-22(29)28-16-13-25(23(28)19-7-3-2-4-8-19)20-9-5-6-10-21(20)26-24(25)30/h2-10,18,23H,11-17H2,1H3,(H,26,30)/t23-,25+/m0/s1. The molecule has 5 rings (SSSR count). The maximum atomic E-state index is 13.5. The van der Waals surface area contributed by atoms with E-state index in [0.29, 0.717) is 25.3 Å². The van der Waals surface area contributed by atoms with E-state index in [0.717, 1.165) is 42.7 Å². The molecule has 1 spiro atoms. The fraction of sp³-hybridized carbons (Fsp3) is 0.440. The van der Waals surface area contributed by atoms with E-state index < -0.39 is 5.41 Å². The number of carbonyl (C=O) groups is 2. The molecule has 0 saturated carbocycles. The van der Waals surface area contributed by atoms with Gasteiger partial charge in [0.05, 0.1) is 6.04 Å². The molecule has 2 saturated heterocycles. The van der Waals surface area contributed by atoms with Crippen LogP contribution in [-0.2, 0) is 15.0 Å². The van der Waals surface area contributed by atoms with Crippen LogP contribution < -0.4 is 5.32 Å². The van der Waals surface area contributed by atoms with Gasteiger partial charge in [-0.3, -0.25) is 9.59 Å². The second-order valence-electron chi connectivity index (χ2n) is 9.07. The number of likely N-dealkylation sites (tertiary alicyclic amines) is 2. The predicted molar refractivity (Wildman–Crippen MR) is 117 cm³/mol. The molecule has 0 unspecified atom stereocenters. The van der Waals surface area contributed by atoms with Crippen molar-refractivity contribution in [2.45, 2.75) is 37.1 Å². The third-order valence-corrected chi connectivity index (χ3v) is 7.32. The molecule has 2 fully saturated rings. The number of anilines is 1. The van der Waals surface area contributed by atoms with Crippen LogP contribution in [0.15, 0.2) is 54.6 Å². The Morgan fingerprint density at radius 3 is 2.50 bits per heavy atom. The number of benzene rings is 2. The van der Waals surface area contributed by atoms with E-state index in [4.69, 9.17) is 0 Å². The monoisotopic (exact) mass is 403 g/mol. The van der Waals surface area contributed by atoms with Gasteiger partial charge in [0.15, 0.2) is 0 Å². The zero-order valence-electron chi connectivity index (χ0n) is 17.5. The molecule has 1 N–H and O–H groups in total. The molecule has 0 aliphatic carbocycles. The maximum Gasteiger partial charge on any atom is 0.237 e. The highest BCUT2D eigenvalue weighted by Crippen LogP contribution is 2.54. The summed E-state index contributed by atoms with van der Waals surface area (Å²) in [6.45, 7) is 2.73. The summed E-state index contributed by atoms with van der Waals surface area (Å²) in [4.78, 5) is 31.2. The highest BCUT2D eigenvalue weighted by molar-refractivity contribution is 6.07. The Labute approximate surface area is 178 Å². The van der Waals surface area contributed by atoms with Gasteiger partial charge in [-0.1, -0.05) is 48.5 Å². The highest BCUT2D eigenvalue weighted by Gasteiger charge is 2.59. The Bertz CT molecular complexity index is 952. The molecule has 2 aromatic carbocycles. The van der Waals surface area contributed by atoms with E-state index in [1.54, 1.807) is 0 Å². The van der Waals surface area contributed by atoms with Crippen LogP contribution in [-0.4, -0.2) is 48.3 Å². The second-order valence-corrected chi connectivity index (χ2v) is 9.07. The highest BCUT2D eigenvalue weighted by atomic mass is 16.2. The zero-order chi connectivity index (χ0) is 20.7. The Hall–Kier alpha value is -2.66. The van der Waals surface area contributed by atoms with E-state index >= 15 is 0 Å². The molecule has 2 amide bonds. The van der Waals surface area contributed by atoms with Crippen LogP contribution in [0.3, 0.4) is 0 Å². The normalized spacial score (nSPS) is 26.8. The van der Waals surface area contributed by atoms with Crippen molar-refractivity contribution in [1.82, 2.24) is 9.80 Å². The van der Waals surface area contributed by atoms with Crippen molar-refractivity contribution in [3.05, 3.63) is 65.7 Å². The first-order valence-electron chi connectivity index (χ1n) is 11.0. The topological polar surface area (TPSA) is 52.7 Å². The van der Waals surface area contributed by atoms with Crippen molar-refractivity contribution in [3.63, 3.8) is 0 Å². The molecule has 3 aliphatic rings. The van der Waals surface area contributed by atoms with Crippen molar-refractivity contribution in [1.29, 1.82) is 0 Å². The molecular weight excluding hydrogens is 374 g/mol. The lowest BCUT2D eigenvalue weighted by molar-refractivity contribution is -0.134. The summed E-state index contributed by atoms with van der Waals surface area (Å²) in [6.07, 6.45) is 3.38. The number of para-hydroxylation sites is 1. The van der Waals surface area contributed by atoms with Crippen molar-refractivity contribution < 1.29 is 9.59 Å². The lowest BCUT2D eigenvalue weighted by Crippen LogP contribution is -2.43. The molecule has 0 bridgehead atoms. The van der Waals surface area contributed by atoms with Gasteiger partial charge in [0.2, 0.25) is 11.8 Å². The minimum Gasteiger partial charge on any atom is -0.334 e. The minimum absolute atomic E-state index is 0.0205. The summed E-state index contributed by atoms with van der Waals surface area (Å²) in [5, 5.41) is 3.09. The summed E-state index contributed by atoms with van der Waals surface area (Å²) in [6, 6.07) is 17.8. The third kappa shape index (κ3) is 3.03. The molecular formula is C25H29N3O2. The van der Waals surface area contributed by atoms with Gasteiger partial charge in [-0.2, -0.15) is 0 Å². The number of amides is 2. The van der Waals surface area contributed by atoms with E-state index in [9.17, 15) is 9.59 Å². The predicted octanol–water partition coefficient (Wildman–Crippen LogP) is 3.58. The average Bonchev–Trinajstić information content (AvgIpc) is 3.30. The lowest BCUT2D eigenvalue weighted by Gasteiger charge is -2.36. The first-order valence-corrected chi connectivity index (χ1v) is 11.0. The maximum absolute atomic E-state index is 13.5. The van der Waals surface area contributed by atoms with Gasteiger partial charge in [0.25, 0.3) is 0 Å². The molecule has 30 heavy (non-hydrogen) atoms. The van der Waals surface area contributed by atoms with Crippen LogP contribution in [0.25, 0.3) is 0 Å². The second kappa shape index (κ2) is 7.55. The van der Waals surface area contributed by atoms with Crippen LogP contribution in [0, 0.1) is 5.92 Å². The first-order chi connectivity index (χ1) is 14.6. The fourth-order valence-electron chi connectivity index (χ4n) is 5.68. The van der Waals surface area contributed by atoms with E-state index in [2.05, 4.69) is 29.4 Å². The van der Waals surface area contributed by atoms with Crippen molar-refractivity contribution in [2.24, 2.45) is 5.92 Å². The van der Waals surface area contributed by atoms with E-state index in [1.165, 1.54) is 0 Å². The van der Waals surface area contributed by atoms with Gasteiger partial charge in [-0.05, 0) is 62.5 Å². The Morgan fingerprint density at radius 2 is 1.73 bits per heavy atom. The SMILES string of the molecule is CN1CCC(CC(=O)N2CC[C@]3(C(=O)Nc4ccccc43)[C@@H]2c2ccccc2)CC1. The summed E-state index contributed by atoms with van der Waals surface area (Å²) in [7, 11) is 2.14. The number of nitrogens with zero attached hydrogens (tertiary/aromatic N) is 2. The van der Waals surface area contributed by atoms with Gasteiger partial charge < -0.3 is 15.1 Å². The van der Waals surface area contributed by atoms with E-state index in [1.807, 2.05) is 47.4 Å². The van der Waals surface area contributed by atoms with E-state index in [-0.39, 0.29) is 17.9 Å². The summed E-state index contributed by atoms with van der Waals surface area (Å²) in [5.74, 6) is 0.644. The molecule has 5 nitrogen and oxygen atoms in total. The number of piperidine rings is 1. The quantitative estimate of drug-likeness (QED) is 0.852. The number of hydrogen-bond donors (Lipinski definition) is 1. The first kappa shape index (κ1) is 19.3. The summed E-state index contributed by atoms with van der Waals surface area (Å²) >= 11 is 0. The molecule has 3 heterocycles. The Morgan fingerprint density at radius 1 is 1.03 bits per heavy atom. The van der Waals surface area contributed by atoms with Gasteiger partial charge in [-0.25, -0.2) is 0 Å². The number of hydrogen-bond acceptors (Lipinski definition) is 3. The summed E-state index contributed by atoms with van der Waals surface area (Å²) in [5.41, 5.74) is 2.24. The largest absolute Gasteiger partial charge is 0.334 e. The Kier molecular flexibility index (Phi) is 4.86. The van der Waals surface area contributed by atoms with Gasteiger partial charge in [0, 0.05) is 18.7 Å². The molecule has 156 valence electrons. The van der Waals surface area contributed by atoms with Crippen LogP contribution in [0.5, 0.6) is 0 Å². The van der Waals surface area contributed by atoms with Crippen LogP contribution in [0.2, 0.25) is 0 Å². The Balaban J connectivity index is 1.50. The molecule has 5 heteroatoms. The molecule has 0 radical (unpaired) electrons. The number of fused-ring (bicyclic) bond motifs is 2. The zero-order valence-corrected chi connectivity index (χ0v) is 17.5. The van der Waals surface area contributed by atoms with Crippen LogP contribution in [0.4, 0.5) is 5.69 Å². The van der Waals surface area contributed by atoms with Gasteiger partial charge >= 0.3 is 0 Å². The van der Waals surface area contributed by atoms with Crippen molar-refractivity contribution in [2.75, 3.05) is 32.0 Å². The van der Waals surface area contributed by atoms with Crippen LogP contribution in [0.1, 0.15) is 42.9 Å². The van der Waals surface area contributed by atoms with Crippen molar-refractivity contribution >= 4 is 17.5 Å². The molecule has 3 aliphatic heterocycles. The van der Waals surface area contributed by atoms with Gasteiger partial charge in [0.1, 0.15) is 5.41 Å². The molecule has 0 aromatic heterocycles. The fourth-order valence-corrected chi connectivity index (χ4v) is 5.68. The number of carbonyl (C=O) groups excluding carboxylic acids is 2. The average molecular weight is 404 g/mol. The minimum atomic E-state index is -0.708. The third-order valence-electron chi connectivity index (χ3n) is 7.32. The lowest BCUT2D eigenvalue weighted by atomic mass is 9.72.